The van der Waals surface area contributed by atoms with Crippen LogP contribution in [0.3, 0.4) is 0 Å². The van der Waals surface area contributed by atoms with Crippen molar-refractivity contribution in [2.75, 3.05) is 5.75 Å². The van der Waals surface area contributed by atoms with Crippen LogP contribution in [0.25, 0.3) is 0 Å². The van der Waals surface area contributed by atoms with E-state index in [4.69, 9.17) is 5.11 Å². The van der Waals surface area contributed by atoms with Gasteiger partial charge >= 0.3 is 0 Å². The van der Waals surface area contributed by atoms with Crippen LogP contribution in [0.4, 0.5) is 0 Å². The number of aliphatic hydroxyl groups excluding tert-OH is 1. The lowest BCUT2D eigenvalue weighted by molar-refractivity contribution is 0.418. The maximum Gasteiger partial charge on any atom is 0.147 e. The molecule has 1 N–H and O–H groups in total. The van der Waals surface area contributed by atoms with E-state index in [-0.39, 0.29) is 11.5 Å². The van der Waals surface area contributed by atoms with E-state index in [0.29, 0.717) is 0 Å². The van der Waals surface area contributed by atoms with Crippen LogP contribution in [0.2, 0.25) is 0 Å². The average Bonchev–Trinajstić information content (AvgIpc) is 1.27. The zero-order valence-electron chi connectivity index (χ0n) is 3.63. The van der Waals surface area contributed by atoms with Gasteiger partial charge in [-0.3, -0.25) is 0 Å². The summed E-state index contributed by atoms with van der Waals surface area (Å²) in [7, 11) is -2.49. The maximum absolute atomic E-state index is 9.63. The molecule has 0 unspecified atom stereocenters. The summed E-state index contributed by atoms with van der Waals surface area (Å²) in [4.78, 5) is 0. The second-order valence-corrected chi connectivity index (χ2v) is 2.04. The van der Waals surface area contributed by atoms with Gasteiger partial charge in [-0.25, -0.2) is 8.42 Å². The number of rotatable bonds is 2. The minimum atomic E-state index is -2.49. The predicted octanol–water partition coefficient (Wildman–Crippen LogP) is -0.331. The van der Waals surface area contributed by atoms with Gasteiger partial charge in [-0.15, -0.1) is 0 Å². The highest BCUT2D eigenvalue weighted by Gasteiger charge is 1.86. The highest BCUT2D eigenvalue weighted by atomic mass is 32.2. The molecule has 0 rings (SSSR count). The molecule has 0 aliphatic heterocycles. The van der Waals surface area contributed by atoms with Crippen molar-refractivity contribution in [1.82, 2.24) is 0 Å². The van der Waals surface area contributed by atoms with E-state index in [1.807, 2.05) is 0 Å². The zero-order valence-corrected chi connectivity index (χ0v) is 4.52. The Balaban J connectivity index is 3.53. The number of aliphatic hydroxyl groups is 1. The molecule has 0 aliphatic rings. The fraction of sp³-hybridized carbons (Fsp3) is 0.333. The van der Waals surface area contributed by atoms with Gasteiger partial charge in [-0.05, 0) is 0 Å². The second-order valence-electron chi connectivity index (χ2n) is 1.06. The van der Waals surface area contributed by atoms with Crippen molar-refractivity contribution in [3.8, 4) is 0 Å². The van der Waals surface area contributed by atoms with Crippen LogP contribution < -0.4 is 0 Å². The first-order valence-electron chi connectivity index (χ1n) is 1.61. The van der Waals surface area contributed by atoms with Crippen LogP contribution in [0.1, 0.15) is 0 Å². The van der Waals surface area contributed by atoms with Crippen molar-refractivity contribution in [2.24, 2.45) is 0 Å². The molecule has 4 heteroatoms. The van der Waals surface area contributed by atoms with Gasteiger partial charge in [0, 0.05) is 0 Å². The van der Waals surface area contributed by atoms with Crippen molar-refractivity contribution in [1.29, 1.82) is 0 Å². The molecule has 0 amide bonds. The fourth-order valence-corrected chi connectivity index (χ4v) is 0.447. The van der Waals surface area contributed by atoms with Crippen LogP contribution in [0.15, 0.2) is 12.3 Å². The lowest BCUT2D eigenvalue weighted by Gasteiger charge is -1.81. The van der Waals surface area contributed by atoms with Gasteiger partial charge in [-0.1, -0.05) is 6.58 Å². The van der Waals surface area contributed by atoms with Gasteiger partial charge < -0.3 is 5.11 Å². The lowest BCUT2D eigenvalue weighted by atomic mass is 10.7. The zero-order chi connectivity index (χ0) is 5.86. The molecule has 0 saturated carbocycles. The van der Waals surface area contributed by atoms with Crippen molar-refractivity contribution in [2.45, 2.75) is 0 Å². The molecule has 0 atom stereocenters. The van der Waals surface area contributed by atoms with Crippen molar-refractivity contribution >= 4 is 10.7 Å². The molecule has 7 heavy (non-hydrogen) atoms. The first-order chi connectivity index (χ1) is 3.13. The molecular formula is C3H6O3S. The molecule has 0 heterocycles. The highest BCUT2D eigenvalue weighted by molar-refractivity contribution is 7.72. The van der Waals surface area contributed by atoms with Gasteiger partial charge in [-0.2, -0.15) is 0 Å². The van der Waals surface area contributed by atoms with Crippen LogP contribution in [0.5, 0.6) is 0 Å². The molecule has 0 aromatic carbocycles. The van der Waals surface area contributed by atoms with Crippen molar-refractivity contribution < 1.29 is 13.5 Å². The largest absolute Gasteiger partial charge is 0.512 e. The third-order valence-electron chi connectivity index (χ3n) is 0.312. The predicted molar refractivity (Wildman–Crippen MR) is 27.0 cm³/mol. The Hall–Kier alpha value is -0.510. The quantitative estimate of drug-likeness (QED) is 0.389. The monoisotopic (exact) mass is 122 g/mol. The molecule has 0 aromatic rings. The van der Waals surface area contributed by atoms with E-state index < -0.39 is 10.7 Å². The maximum atomic E-state index is 9.63. The van der Waals surface area contributed by atoms with E-state index in [2.05, 4.69) is 6.58 Å². The molecule has 0 spiro atoms. The Kier molecular flexibility index (Phi) is 2.44. The Morgan fingerprint density at radius 3 is 2.14 bits per heavy atom. The third kappa shape index (κ3) is 5.49. The van der Waals surface area contributed by atoms with Gasteiger partial charge in [0.05, 0.1) is 5.76 Å². The average molecular weight is 122 g/mol. The minimum absolute atomic E-state index is 0.309. The standard InChI is InChI=1S/C3H6O3S/c1-3(4)2-7(5)6/h4,7H,1-2H2. The van der Waals surface area contributed by atoms with Gasteiger partial charge in [0.15, 0.2) is 0 Å². The van der Waals surface area contributed by atoms with Crippen molar-refractivity contribution in [3.05, 3.63) is 12.3 Å². The van der Waals surface area contributed by atoms with Gasteiger partial charge in [0.2, 0.25) is 0 Å². The molecule has 0 saturated heterocycles. The summed E-state index contributed by atoms with van der Waals surface area (Å²) in [6, 6.07) is 0. The fourth-order valence-electron chi connectivity index (χ4n) is 0.149. The molecule has 0 aromatic heterocycles. The Morgan fingerprint density at radius 1 is 1.71 bits per heavy atom. The smallest absolute Gasteiger partial charge is 0.147 e. The number of hydrogen-bond donors (Lipinski definition) is 2. The van der Waals surface area contributed by atoms with E-state index in [0.717, 1.165) is 0 Å². The first-order valence-corrected chi connectivity index (χ1v) is 2.97. The summed E-state index contributed by atoms with van der Waals surface area (Å²) in [5.41, 5.74) is 0. The summed E-state index contributed by atoms with van der Waals surface area (Å²) in [6.45, 7) is 2.97. The highest BCUT2D eigenvalue weighted by Crippen LogP contribution is 1.78. The van der Waals surface area contributed by atoms with Gasteiger partial charge in [0.1, 0.15) is 16.5 Å². The Labute approximate surface area is 43.2 Å². The molecule has 0 aliphatic carbocycles. The molecule has 42 valence electrons. The summed E-state index contributed by atoms with van der Waals surface area (Å²) < 4.78 is 19.3. The van der Waals surface area contributed by atoms with E-state index in [1.165, 1.54) is 0 Å². The van der Waals surface area contributed by atoms with Gasteiger partial charge in [0.25, 0.3) is 0 Å². The Morgan fingerprint density at radius 2 is 2.14 bits per heavy atom. The van der Waals surface area contributed by atoms with E-state index in [9.17, 15) is 8.42 Å². The van der Waals surface area contributed by atoms with Crippen LogP contribution >= 0.6 is 0 Å². The Bertz CT molecular complexity index is 127. The topological polar surface area (TPSA) is 54.4 Å². The lowest BCUT2D eigenvalue weighted by Crippen LogP contribution is -1.88. The van der Waals surface area contributed by atoms with E-state index in [1.54, 1.807) is 0 Å². The SMILES string of the molecule is C=C(O)C[SH](=O)=O. The summed E-state index contributed by atoms with van der Waals surface area (Å²) in [6.07, 6.45) is 0. The summed E-state index contributed by atoms with van der Waals surface area (Å²) in [5.74, 6) is -0.633. The first kappa shape index (κ1) is 6.49. The van der Waals surface area contributed by atoms with Crippen molar-refractivity contribution in [3.63, 3.8) is 0 Å². The third-order valence-corrected chi connectivity index (χ3v) is 0.935. The second kappa shape index (κ2) is 2.63. The number of thiol groups is 1. The number of hydrogen-bond acceptors (Lipinski definition) is 3. The van der Waals surface area contributed by atoms with Crippen LogP contribution in [0, 0.1) is 0 Å². The summed E-state index contributed by atoms with van der Waals surface area (Å²) in [5, 5.41) is 8.14. The molecule has 0 bridgehead atoms. The van der Waals surface area contributed by atoms with Crippen LogP contribution in [-0.4, -0.2) is 19.3 Å². The summed E-state index contributed by atoms with van der Waals surface area (Å²) >= 11 is 0. The van der Waals surface area contributed by atoms with Crippen LogP contribution in [-0.2, 0) is 10.7 Å². The normalized spacial score (nSPS) is 9.29. The molecule has 0 fully saturated rings. The molecule has 3 nitrogen and oxygen atoms in total. The molecule has 0 radical (unpaired) electrons. The molecular weight excluding hydrogens is 116 g/mol. The van der Waals surface area contributed by atoms with E-state index >= 15 is 0 Å². The minimum Gasteiger partial charge on any atom is -0.512 e.